The Hall–Kier alpha value is -3.01. The minimum atomic E-state index is -0.199. The fourth-order valence-corrected chi connectivity index (χ4v) is 3.72. The molecule has 0 saturated heterocycles. The lowest BCUT2D eigenvalue weighted by molar-refractivity contribution is 0.414. The number of hydrogen-bond donors (Lipinski definition) is 2. The number of nitrogens with zero attached hydrogens (tertiary/aromatic N) is 1. The zero-order valence-electron chi connectivity index (χ0n) is 19.7. The molecule has 0 saturated carbocycles. The molecule has 31 heavy (non-hydrogen) atoms. The van der Waals surface area contributed by atoms with Crippen LogP contribution in [0.25, 0.3) is 0 Å². The average Bonchev–Trinajstić information content (AvgIpc) is 2.71. The number of methoxy groups -OCH3 is 1. The molecule has 0 aliphatic heterocycles. The van der Waals surface area contributed by atoms with Gasteiger partial charge < -0.3 is 15.2 Å². The predicted octanol–water partition coefficient (Wildman–Crippen LogP) is 6.59. The van der Waals surface area contributed by atoms with Gasteiger partial charge in [-0.2, -0.15) is 0 Å². The first kappa shape index (κ1) is 22.7. The zero-order chi connectivity index (χ0) is 22.8. The van der Waals surface area contributed by atoms with Gasteiger partial charge in [-0.25, -0.2) is 4.98 Å². The van der Waals surface area contributed by atoms with Crippen molar-refractivity contribution < 1.29 is 9.84 Å². The summed E-state index contributed by atoms with van der Waals surface area (Å²) in [6, 6.07) is 18.0. The van der Waals surface area contributed by atoms with Gasteiger partial charge in [-0.3, -0.25) is 0 Å². The van der Waals surface area contributed by atoms with Gasteiger partial charge in [0, 0.05) is 6.20 Å². The second kappa shape index (κ2) is 8.62. The van der Waals surface area contributed by atoms with E-state index in [1.807, 2.05) is 30.3 Å². The summed E-state index contributed by atoms with van der Waals surface area (Å²) in [6.07, 6.45) is 1.78. The summed E-state index contributed by atoms with van der Waals surface area (Å²) in [5.41, 5.74) is 3.67. The maximum Gasteiger partial charge on any atom is 0.126 e. The lowest BCUT2D eigenvalue weighted by atomic mass is 9.77. The van der Waals surface area contributed by atoms with Crippen LogP contribution in [-0.2, 0) is 10.8 Å². The molecule has 3 rings (SSSR count). The summed E-state index contributed by atoms with van der Waals surface area (Å²) in [7, 11) is 1.67. The van der Waals surface area contributed by atoms with Crippen LogP contribution in [0.2, 0.25) is 0 Å². The van der Waals surface area contributed by atoms with Gasteiger partial charge in [-0.05, 0) is 69.5 Å². The molecular weight excluding hydrogens is 384 g/mol. The topological polar surface area (TPSA) is 54.4 Å². The van der Waals surface area contributed by atoms with Crippen molar-refractivity contribution >= 4 is 5.82 Å². The number of anilines is 1. The number of hydrogen-bond acceptors (Lipinski definition) is 4. The van der Waals surface area contributed by atoms with Crippen LogP contribution >= 0.6 is 0 Å². The van der Waals surface area contributed by atoms with Gasteiger partial charge in [-0.1, -0.05) is 59.7 Å². The Balaban J connectivity index is 2.21. The van der Waals surface area contributed by atoms with E-state index in [0.717, 1.165) is 33.8 Å². The lowest BCUT2D eigenvalue weighted by Gasteiger charge is -2.30. The Kier molecular flexibility index (Phi) is 6.30. The Morgan fingerprint density at radius 3 is 1.87 bits per heavy atom. The van der Waals surface area contributed by atoms with Gasteiger partial charge in [0.1, 0.15) is 17.3 Å². The average molecular weight is 419 g/mol. The molecule has 0 aliphatic rings. The number of aromatic hydroxyl groups is 1. The van der Waals surface area contributed by atoms with E-state index in [-0.39, 0.29) is 16.9 Å². The van der Waals surface area contributed by atoms with E-state index in [1.54, 1.807) is 13.3 Å². The van der Waals surface area contributed by atoms with Crippen LogP contribution in [0.4, 0.5) is 5.82 Å². The number of benzene rings is 2. The smallest absolute Gasteiger partial charge is 0.126 e. The highest BCUT2D eigenvalue weighted by atomic mass is 16.5. The second-order valence-corrected chi connectivity index (χ2v) is 10.0. The van der Waals surface area contributed by atoms with Crippen molar-refractivity contribution in [3.63, 3.8) is 0 Å². The molecule has 2 aromatic carbocycles. The normalized spacial score (nSPS) is 13.0. The highest BCUT2D eigenvalue weighted by Gasteiger charge is 2.28. The number of nitrogens with one attached hydrogen (secondary N) is 1. The minimum absolute atomic E-state index is 0.136. The van der Waals surface area contributed by atoms with Crippen LogP contribution in [0.3, 0.4) is 0 Å². The van der Waals surface area contributed by atoms with Crippen molar-refractivity contribution in [2.75, 3.05) is 12.4 Å². The molecular formula is C27H34N2O2. The number of phenolic OH excluding ortho intramolecular Hbond substituents is 1. The molecule has 0 unspecified atom stereocenters. The molecule has 4 nitrogen and oxygen atoms in total. The number of aromatic nitrogens is 1. The van der Waals surface area contributed by atoms with Gasteiger partial charge in [0.25, 0.3) is 0 Å². The predicted molar refractivity (Wildman–Crippen MR) is 128 cm³/mol. The van der Waals surface area contributed by atoms with Crippen LogP contribution in [-0.4, -0.2) is 17.2 Å². The summed E-state index contributed by atoms with van der Waals surface area (Å²) >= 11 is 0. The summed E-state index contributed by atoms with van der Waals surface area (Å²) in [6.45, 7) is 12.8. The molecule has 0 spiro atoms. The van der Waals surface area contributed by atoms with E-state index in [0.29, 0.717) is 5.75 Å². The van der Waals surface area contributed by atoms with Crippen molar-refractivity contribution in [3.05, 3.63) is 83.0 Å². The molecule has 164 valence electrons. The second-order valence-electron chi connectivity index (χ2n) is 10.0. The van der Waals surface area contributed by atoms with Crippen molar-refractivity contribution in [2.24, 2.45) is 0 Å². The van der Waals surface area contributed by atoms with Crippen LogP contribution in [0.15, 0.2) is 60.8 Å². The third-order valence-corrected chi connectivity index (χ3v) is 5.49. The molecule has 4 heteroatoms. The Labute approximate surface area is 186 Å². The molecule has 1 heterocycles. The van der Waals surface area contributed by atoms with Gasteiger partial charge in [0.2, 0.25) is 0 Å². The van der Waals surface area contributed by atoms with Crippen LogP contribution in [0.1, 0.15) is 69.8 Å². The van der Waals surface area contributed by atoms with Gasteiger partial charge in [0.15, 0.2) is 0 Å². The largest absolute Gasteiger partial charge is 0.507 e. The fraction of sp³-hybridized carbons (Fsp3) is 0.370. The highest BCUT2D eigenvalue weighted by molar-refractivity contribution is 5.54. The highest BCUT2D eigenvalue weighted by Crippen LogP contribution is 2.42. The van der Waals surface area contributed by atoms with Crippen molar-refractivity contribution in [2.45, 2.75) is 58.4 Å². The van der Waals surface area contributed by atoms with Gasteiger partial charge in [-0.15, -0.1) is 0 Å². The minimum Gasteiger partial charge on any atom is -0.507 e. The van der Waals surface area contributed by atoms with E-state index < -0.39 is 0 Å². The third kappa shape index (κ3) is 5.19. The number of ether oxygens (including phenoxy) is 1. The Morgan fingerprint density at radius 2 is 1.42 bits per heavy atom. The molecule has 2 N–H and O–H groups in total. The first-order valence-corrected chi connectivity index (χ1v) is 10.7. The maximum absolute atomic E-state index is 11.1. The van der Waals surface area contributed by atoms with Crippen molar-refractivity contribution in [1.82, 2.24) is 4.98 Å². The first-order chi connectivity index (χ1) is 14.5. The van der Waals surface area contributed by atoms with Crippen LogP contribution in [0, 0.1) is 0 Å². The molecule has 0 fully saturated rings. The molecule has 0 aliphatic carbocycles. The van der Waals surface area contributed by atoms with E-state index in [4.69, 9.17) is 4.74 Å². The molecule has 1 aromatic heterocycles. The number of rotatable bonds is 5. The number of phenols is 1. The first-order valence-electron chi connectivity index (χ1n) is 10.7. The summed E-state index contributed by atoms with van der Waals surface area (Å²) < 4.78 is 5.35. The van der Waals surface area contributed by atoms with Gasteiger partial charge >= 0.3 is 0 Å². The monoisotopic (exact) mass is 418 g/mol. The van der Waals surface area contributed by atoms with E-state index in [2.05, 4.69) is 76.1 Å². The summed E-state index contributed by atoms with van der Waals surface area (Å²) in [5, 5.41) is 14.7. The fourth-order valence-electron chi connectivity index (χ4n) is 3.72. The number of pyridine rings is 1. The lowest BCUT2D eigenvalue weighted by Crippen LogP contribution is -2.20. The maximum atomic E-state index is 11.1. The Morgan fingerprint density at radius 1 is 0.839 bits per heavy atom. The molecule has 3 aromatic rings. The molecule has 0 amide bonds. The SMILES string of the molecule is COc1ccc([C@@H](Nc2ccccn2)c2cc(C(C)(C)C)c(O)c(C(C)(C)C)c2)cc1. The quantitative estimate of drug-likeness (QED) is 0.490. The molecule has 0 radical (unpaired) electrons. The van der Waals surface area contributed by atoms with Crippen LogP contribution in [0.5, 0.6) is 11.5 Å². The van der Waals surface area contributed by atoms with Gasteiger partial charge in [0.05, 0.1) is 13.2 Å². The summed E-state index contributed by atoms with van der Waals surface area (Å²) in [4.78, 5) is 4.48. The van der Waals surface area contributed by atoms with E-state index in [9.17, 15) is 5.11 Å². The van der Waals surface area contributed by atoms with Crippen molar-refractivity contribution in [1.29, 1.82) is 0 Å². The van der Waals surface area contributed by atoms with Crippen molar-refractivity contribution in [3.8, 4) is 11.5 Å². The van der Waals surface area contributed by atoms with Crippen LogP contribution < -0.4 is 10.1 Å². The molecule has 0 bridgehead atoms. The van der Waals surface area contributed by atoms with E-state index >= 15 is 0 Å². The third-order valence-electron chi connectivity index (χ3n) is 5.49. The van der Waals surface area contributed by atoms with E-state index in [1.165, 1.54) is 0 Å². The standard InChI is InChI=1S/C27H34N2O2/c1-26(2,3)21-16-19(17-22(25(21)30)27(4,5)6)24(29-23-10-8-9-15-28-23)18-11-13-20(31-7)14-12-18/h8-17,24,30H,1-7H3,(H,28,29)/t24-/m1/s1. The Bertz CT molecular complexity index is 979. The molecule has 1 atom stereocenters. The summed E-state index contributed by atoms with van der Waals surface area (Å²) in [5.74, 6) is 2.00. The zero-order valence-corrected chi connectivity index (χ0v) is 19.7.